The molecule has 4 nitrogen and oxygen atoms in total. The summed E-state index contributed by atoms with van der Waals surface area (Å²) < 4.78 is 6.55. The number of carboxylic acids is 1. The zero-order valence-corrected chi connectivity index (χ0v) is 11.8. The van der Waals surface area contributed by atoms with E-state index in [1.807, 2.05) is 13.0 Å². The number of aromatic nitrogens is 1. The van der Waals surface area contributed by atoms with Gasteiger partial charge in [0, 0.05) is 22.4 Å². The molecule has 98 valence electrons. The summed E-state index contributed by atoms with van der Waals surface area (Å²) >= 11 is 3.34. The third kappa shape index (κ3) is 3.54. The van der Waals surface area contributed by atoms with Gasteiger partial charge in [0.2, 0.25) is 0 Å². The molecule has 0 aliphatic rings. The lowest BCUT2D eigenvalue weighted by molar-refractivity contribution is 0.0696. The molecular formula is C14H12BrNO3. The minimum Gasteiger partial charge on any atom is -0.489 e. The Morgan fingerprint density at radius 3 is 2.79 bits per heavy atom. The fraction of sp³-hybridized carbons (Fsp3) is 0.143. The zero-order valence-electron chi connectivity index (χ0n) is 10.3. The molecule has 0 radical (unpaired) electrons. The number of carbonyl (C=O) groups is 1. The molecular weight excluding hydrogens is 310 g/mol. The van der Waals surface area contributed by atoms with Crippen LogP contribution in [0.5, 0.6) is 5.75 Å². The van der Waals surface area contributed by atoms with Crippen LogP contribution in [0.4, 0.5) is 0 Å². The predicted molar refractivity (Wildman–Crippen MR) is 74.4 cm³/mol. The van der Waals surface area contributed by atoms with Gasteiger partial charge >= 0.3 is 5.97 Å². The van der Waals surface area contributed by atoms with E-state index in [0.717, 1.165) is 15.6 Å². The van der Waals surface area contributed by atoms with E-state index in [2.05, 4.69) is 20.9 Å². The number of ether oxygens (including phenoxy) is 1. The van der Waals surface area contributed by atoms with E-state index in [1.165, 1.54) is 6.07 Å². The summed E-state index contributed by atoms with van der Waals surface area (Å²) in [6, 6.07) is 6.72. The topological polar surface area (TPSA) is 59.4 Å². The summed E-state index contributed by atoms with van der Waals surface area (Å²) in [6.45, 7) is 2.21. The molecule has 0 saturated carbocycles. The van der Waals surface area contributed by atoms with Crippen LogP contribution >= 0.6 is 15.9 Å². The highest BCUT2D eigenvalue weighted by Crippen LogP contribution is 2.21. The second-order valence-corrected chi connectivity index (χ2v) is 5.00. The van der Waals surface area contributed by atoms with Crippen molar-refractivity contribution in [2.75, 3.05) is 0 Å². The van der Waals surface area contributed by atoms with Gasteiger partial charge in [-0.2, -0.15) is 0 Å². The molecule has 0 aliphatic carbocycles. The highest BCUT2D eigenvalue weighted by atomic mass is 79.9. The van der Waals surface area contributed by atoms with Gasteiger partial charge in [-0.05, 0) is 52.7 Å². The Balaban J connectivity index is 2.10. The highest BCUT2D eigenvalue weighted by molar-refractivity contribution is 9.10. The molecule has 0 saturated heterocycles. The second kappa shape index (κ2) is 5.84. The number of hydrogen-bond acceptors (Lipinski definition) is 3. The molecule has 0 aliphatic heterocycles. The smallest absolute Gasteiger partial charge is 0.335 e. The number of pyridine rings is 1. The molecule has 0 fully saturated rings. The third-order valence-corrected chi connectivity index (χ3v) is 3.01. The quantitative estimate of drug-likeness (QED) is 0.937. The van der Waals surface area contributed by atoms with Crippen molar-refractivity contribution in [2.24, 2.45) is 0 Å². The fourth-order valence-electron chi connectivity index (χ4n) is 1.64. The largest absolute Gasteiger partial charge is 0.489 e. The first-order valence-corrected chi connectivity index (χ1v) is 6.42. The monoisotopic (exact) mass is 321 g/mol. The van der Waals surface area contributed by atoms with Crippen LogP contribution in [-0.4, -0.2) is 16.1 Å². The Morgan fingerprint density at radius 2 is 2.16 bits per heavy atom. The minimum atomic E-state index is -0.939. The van der Waals surface area contributed by atoms with Crippen molar-refractivity contribution in [2.45, 2.75) is 13.5 Å². The highest BCUT2D eigenvalue weighted by Gasteiger charge is 2.06. The summed E-state index contributed by atoms with van der Waals surface area (Å²) in [4.78, 5) is 14.9. The van der Waals surface area contributed by atoms with Crippen LogP contribution < -0.4 is 4.74 Å². The zero-order chi connectivity index (χ0) is 13.8. The maximum Gasteiger partial charge on any atom is 0.335 e. The van der Waals surface area contributed by atoms with Gasteiger partial charge in [-0.1, -0.05) is 0 Å². The van der Waals surface area contributed by atoms with Crippen molar-refractivity contribution in [3.63, 3.8) is 0 Å². The molecule has 1 heterocycles. The number of hydrogen-bond donors (Lipinski definition) is 1. The van der Waals surface area contributed by atoms with Crippen molar-refractivity contribution < 1.29 is 14.6 Å². The van der Waals surface area contributed by atoms with Gasteiger partial charge in [0.15, 0.2) is 0 Å². The van der Waals surface area contributed by atoms with E-state index in [0.29, 0.717) is 12.4 Å². The Kier molecular flexibility index (Phi) is 4.16. The number of carboxylic acid groups (broad SMARTS) is 1. The molecule has 2 aromatic rings. The molecule has 0 atom stereocenters. The van der Waals surface area contributed by atoms with Crippen molar-refractivity contribution >= 4 is 21.9 Å². The van der Waals surface area contributed by atoms with Crippen LogP contribution in [0, 0.1) is 6.92 Å². The van der Waals surface area contributed by atoms with Crippen molar-refractivity contribution in [3.05, 3.63) is 57.8 Å². The van der Waals surface area contributed by atoms with Crippen LogP contribution in [0.25, 0.3) is 0 Å². The first-order chi connectivity index (χ1) is 9.06. The van der Waals surface area contributed by atoms with Crippen molar-refractivity contribution in [1.29, 1.82) is 0 Å². The SMILES string of the molecule is Cc1cc(C(=O)O)ccc1OCc1cncc(Br)c1. The second-order valence-electron chi connectivity index (χ2n) is 4.09. The molecule has 1 aromatic carbocycles. The maximum absolute atomic E-state index is 10.8. The molecule has 19 heavy (non-hydrogen) atoms. The van der Waals surface area contributed by atoms with Crippen LogP contribution in [0.2, 0.25) is 0 Å². The summed E-state index contributed by atoms with van der Waals surface area (Å²) in [5.41, 5.74) is 1.99. The number of rotatable bonds is 4. The number of nitrogens with zero attached hydrogens (tertiary/aromatic N) is 1. The van der Waals surface area contributed by atoms with Gasteiger partial charge in [-0.25, -0.2) is 4.79 Å². The van der Waals surface area contributed by atoms with Crippen molar-refractivity contribution in [1.82, 2.24) is 4.98 Å². The summed E-state index contributed by atoms with van der Waals surface area (Å²) in [7, 11) is 0. The Labute approximate surface area is 119 Å². The number of halogens is 1. The summed E-state index contributed by atoms with van der Waals surface area (Å²) in [6.07, 6.45) is 3.43. The van der Waals surface area contributed by atoms with Gasteiger partial charge in [-0.15, -0.1) is 0 Å². The lowest BCUT2D eigenvalue weighted by Gasteiger charge is -2.09. The van der Waals surface area contributed by atoms with Crippen LogP contribution in [0.1, 0.15) is 21.5 Å². The average molecular weight is 322 g/mol. The lowest BCUT2D eigenvalue weighted by Crippen LogP contribution is -2.00. The molecule has 0 bridgehead atoms. The first-order valence-electron chi connectivity index (χ1n) is 5.62. The number of aromatic carboxylic acids is 1. The first kappa shape index (κ1) is 13.5. The Hall–Kier alpha value is -1.88. The van der Waals surface area contributed by atoms with Crippen LogP contribution in [0.3, 0.4) is 0 Å². The molecule has 0 spiro atoms. The van der Waals surface area contributed by atoms with Gasteiger partial charge in [0.1, 0.15) is 12.4 Å². The molecule has 0 unspecified atom stereocenters. The Bertz CT molecular complexity index is 613. The minimum absolute atomic E-state index is 0.258. The molecule has 1 aromatic heterocycles. The fourth-order valence-corrected chi connectivity index (χ4v) is 2.05. The van der Waals surface area contributed by atoms with Crippen LogP contribution in [-0.2, 0) is 6.61 Å². The predicted octanol–water partition coefficient (Wildman–Crippen LogP) is 3.43. The van der Waals surface area contributed by atoms with Gasteiger partial charge in [-0.3, -0.25) is 4.98 Å². The Morgan fingerprint density at radius 1 is 1.37 bits per heavy atom. The van der Waals surface area contributed by atoms with E-state index >= 15 is 0 Å². The molecule has 0 amide bonds. The normalized spacial score (nSPS) is 10.2. The van der Waals surface area contributed by atoms with E-state index in [-0.39, 0.29) is 5.56 Å². The van der Waals surface area contributed by atoms with E-state index < -0.39 is 5.97 Å². The lowest BCUT2D eigenvalue weighted by atomic mass is 10.1. The number of aryl methyl sites for hydroxylation is 1. The molecule has 5 heteroatoms. The standard InChI is InChI=1S/C14H12BrNO3/c1-9-4-11(14(17)18)2-3-13(9)19-8-10-5-12(15)7-16-6-10/h2-7H,8H2,1H3,(H,17,18). The van der Waals surface area contributed by atoms with E-state index in [9.17, 15) is 4.79 Å². The van der Waals surface area contributed by atoms with Crippen molar-refractivity contribution in [3.8, 4) is 5.75 Å². The van der Waals surface area contributed by atoms with Gasteiger partial charge < -0.3 is 9.84 Å². The molecule has 1 N–H and O–H groups in total. The van der Waals surface area contributed by atoms with Gasteiger partial charge in [0.05, 0.1) is 5.56 Å². The van der Waals surface area contributed by atoms with E-state index in [4.69, 9.17) is 9.84 Å². The third-order valence-electron chi connectivity index (χ3n) is 2.58. The number of benzene rings is 1. The maximum atomic E-state index is 10.8. The van der Waals surface area contributed by atoms with E-state index in [1.54, 1.807) is 24.5 Å². The van der Waals surface area contributed by atoms with Crippen LogP contribution in [0.15, 0.2) is 41.1 Å². The van der Waals surface area contributed by atoms with Gasteiger partial charge in [0.25, 0.3) is 0 Å². The average Bonchev–Trinajstić information content (AvgIpc) is 2.37. The molecule has 2 rings (SSSR count). The summed E-state index contributed by atoms with van der Waals surface area (Å²) in [5, 5.41) is 8.88. The summed E-state index contributed by atoms with van der Waals surface area (Å²) in [5.74, 6) is -0.268.